The van der Waals surface area contributed by atoms with E-state index in [9.17, 15) is 14.4 Å². The maximum atomic E-state index is 12.3. The highest BCUT2D eigenvalue weighted by molar-refractivity contribution is 5.92. The highest BCUT2D eigenvalue weighted by atomic mass is 16.5. The molecule has 3 amide bonds. The maximum absolute atomic E-state index is 12.3. The van der Waals surface area contributed by atoms with Crippen LogP contribution >= 0.6 is 0 Å². The Morgan fingerprint density at radius 2 is 1.77 bits per heavy atom. The first-order valence-electron chi connectivity index (χ1n) is 10.6. The van der Waals surface area contributed by atoms with Crippen LogP contribution in [0.25, 0.3) is 0 Å². The van der Waals surface area contributed by atoms with Crippen LogP contribution in [0.3, 0.4) is 0 Å². The molecule has 0 aliphatic heterocycles. The minimum atomic E-state index is -0.862. The zero-order valence-electron chi connectivity index (χ0n) is 18.1. The minimum absolute atomic E-state index is 0.0608. The van der Waals surface area contributed by atoms with Crippen LogP contribution in [-0.2, 0) is 16.1 Å². The van der Waals surface area contributed by atoms with Crippen LogP contribution in [0.4, 0.5) is 4.79 Å². The van der Waals surface area contributed by atoms with Gasteiger partial charge in [0.1, 0.15) is 0 Å². The number of esters is 1. The zero-order valence-corrected chi connectivity index (χ0v) is 18.1. The number of benzene rings is 1. The van der Waals surface area contributed by atoms with Gasteiger partial charge in [-0.3, -0.25) is 4.79 Å². The molecule has 1 aromatic carbocycles. The van der Waals surface area contributed by atoms with Crippen LogP contribution in [0.2, 0.25) is 0 Å². The summed E-state index contributed by atoms with van der Waals surface area (Å²) in [5.74, 6) is -0.846. The van der Waals surface area contributed by atoms with Crippen LogP contribution in [0.5, 0.6) is 0 Å². The van der Waals surface area contributed by atoms with Crippen molar-refractivity contribution in [2.24, 2.45) is 0 Å². The second-order valence-electron chi connectivity index (χ2n) is 7.88. The van der Waals surface area contributed by atoms with Gasteiger partial charge in [0, 0.05) is 19.1 Å². The van der Waals surface area contributed by atoms with E-state index in [1.807, 2.05) is 13.8 Å². The Bertz CT molecular complexity index is 756. The van der Waals surface area contributed by atoms with E-state index < -0.39 is 12.1 Å². The number of hydrogen-bond donors (Lipinski definition) is 3. The molecule has 1 aliphatic carbocycles. The molecule has 1 aliphatic rings. The number of rotatable bonds is 9. The summed E-state index contributed by atoms with van der Waals surface area (Å²) in [7, 11) is 0. The van der Waals surface area contributed by atoms with Gasteiger partial charge in [-0.15, -0.1) is 0 Å². The molecule has 2 rings (SSSR count). The topological polar surface area (TPSA) is 96.5 Å². The van der Waals surface area contributed by atoms with Crippen LogP contribution in [-0.4, -0.2) is 36.6 Å². The van der Waals surface area contributed by atoms with Crippen molar-refractivity contribution >= 4 is 17.9 Å². The van der Waals surface area contributed by atoms with Crippen molar-refractivity contribution in [3.8, 4) is 0 Å². The Hall–Kier alpha value is -2.83. The molecule has 7 nitrogen and oxygen atoms in total. The summed E-state index contributed by atoms with van der Waals surface area (Å²) in [5, 5.41) is 8.32. The molecule has 0 radical (unpaired) electrons. The molecule has 0 unspecified atom stereocenters. The fourth-order valence-electron chi connectivity index (χ4n) is 3.16. The van der Waals surface area contributed by atoms with E-state index in [0.29, 0.717) is 18.7 Å². The Balaban J connectivity index is 1.74. The number of allylic oxidation sites excluding steroid dienone is 1. The van der Waals surface area contributed by atoms with Crippen molar-refractivity contribution in [1.82, 2.24) is 16.0 Å². The van der Waals surface area contributed by atoms with E-state index in [0.717, 1.165) is 24.8 Å². The van der Waals surface area contributed by atoms with E-state index >= 15 is 0 Å². The predicted octanol–water partition coefficient (Wildman–Crippen LogP) is 3.45. The largest absolute Gasteiger partial charge is 0.449 e. The molecule has 164 valence electrons. The number of nitrogens with one attached hydrogen (secondary N) is 3. The quantitative estimate of drug-likeness (QED) is 0.425. The molecule has 1 aromatic rings. The molecular formula is C23H33N3O4. The zero-order chi connectivity index (χ0) is 21.9. The van der Waals surface area contributed by atoms with E-state index in [2.05, 4.69) is 22.0 Å². The third-order valence-electron chi connectivity index (χ3n) is 4.85. The van der Waals surface area contributed by atoms with Crippen molar-refractivity contribution in [3.63, 3.8) is 0 Å². The summed E-state index contributed by atoms with van der Waals surface area (Å²) in [5.41, 5.74) is 2.60. The second kappa shape index (κ2) is 12.0. The lowest BCUT2D eigenvalue weighted by Crippen LogP contribution is -2.39. The Labute approximate surface area is 178 Å². The van der Waals surface area contributed by atoms with Crippen molar-refractivity contribution < 1.29 is 19.1 Å². The lowest BCUT2D eigenvalue weighted by atomic mass is 9.97. The third kappa shape index (κ3) is 8.27. The minimum Gasteiger partial charge on any atom is -0.449 e. The monoisotopic (exact) mass is 415 g/mol. The van der Waals surface area contributed by atoms with Crippen LogP contribution in [0, 0.1) is 0 Å². The molecule has 0 aromatic heterocycles. The maximum Gasteiger partial charge on any atom is 0.338 e. The Kier molecular flexibility index (Phi) is 9.38. The first kappa shape index (κ1) is 23.4. The summed E-state index contributed by atoms with van der Waals surface area (Å²) in [4.78, 5) is 36.1. The molecule has 0 bridgehead atoms. The summed E-state index contributed by atoms with van der Waals surface area (Å²) >= 11 is 0. The van der Waals surface area contributed by atoms with E-state index in [1.54, 1.807) is 31.2 Å². The normalized spacial score (nSPS) is 14.5. The Morgan fingerprint density at radius 1 is 1.03 bits per heavy atom. The van der Waals surface area contributed by atoms with Crippen LogP contribution in [0.1, 0.15) is 68.8 Å². The molecular weight excluding hydrogens is 382 g/mol. The van der Waals surface area contributed by atoms with Gasteiger partial charge in [0.25, 0.3) is 5.91 Å². The molecule has 30 heavy (non-hydrogen) atoms. The van der Waals surface area contributed by atoms with Gasteiger partial charge in [0.2, 0.25) is 0 Å². The van der Waals surface area contributed by atoms with Crippen LogP contribution < -0.4 is 16.0 Å². The summed E-state index contributed by atoms with van der Waals surface area (Å²) in [6.45, 7) is 6.24. The fraction of sp³-hybridized carbons (Fsp3) is 0.522. The van der Waals surface area contributed by atoms with Crippen molar-refractivity contribution in [2.75, 3.05) is 6.54 Å². The highest BCUT2D eigenvalue weighted by Crippen LogP contribution is 2.19. The highest BCUT2D eigenvalue weighted by Gasteiger charge is 2.18. The number of ether oxygens (including phenoxy) is 1. The Morgan fingerprint density at radius 3 is 2.40 bits per heavy atom. The number of carbonyl (C=O) groups excluding carboxylic acids is 3. The molecule has 1 atom stereocenters. The van der Waals surface area contributed by atoms with Crippen molar-refractivity contribution in [1.29, 1.82) is 0 Å². The van der Waals surface area contributed by atoms with E-state index in [1.165, 1.54) is 18.4 Å². The smallest absolute Gasteiger partial charge is 0.338 e. The number of hydrogen-bond acceptors (Lipinski definition) is 4. The van der Waals surface area contributed by atoms with Gasteiger partial charge in [-0.2, -0.15) is 0 Å². The average molecular weight is 416 g/mol. The summed E-state index contributed by atoms with van der Waals surface area (Å²) in [6.07, 6.45) is 6.93. The number of urea groups is 1. The standard InChI is InChI=1S/C23H33N3O4/c1-16(2)26-23(29)25-15-19-9-11-20(12-10-19)22(28)30-17(3)21(27)24-14-13-18-7-5-4-6-8-18/h7,9-12,16-17H,4-6,8,13-15H2,1-3H3,(H,24,27)(H2,25,26,29)/t17-/m1/s1. The van der Waals surface area contributed by atoms with E-state index in [4.69, 9.17) is 4.74 Å². The first-order valence-corrected chi connectivity index (χ1v) is 10.6. The summed E-state index contributed by atoms with van der Waals surface area (Å²) in [6, 6.07) is 6.56. The van der Waals surface area contributed by atoms with Gasteiger partial charge < -0.3 is 20.7 Å². The molecule has 3 N–H and O–H groups in total. The molecule has 0 spiro atoms. The molecule has 0 heterocycles. The van der Waals surface area contributed by atoms with E-state index in [-0.39, 0.29) is 18.0 Å². The molecule has 0 fully saturated rings. The van der Waals surface area contributed by atoms with Gasteiger partial charge in [-0.05, 0) is 70.6 Å². The molecule has 7 heteroatoms. The van der Waals surface area contributed by atoms with Gasteiger partial charge in [-0.1, -0.05) is 23.8 Å². The van der Waals surface area contributed by atoms with Crippen molar-refractivity contribution in [3.05, 3.63) is 47.0 Å². The number of carbonyl (C=O) groups is 3. The van der Waals surface area contributed by atoms with Gasteiger partial charge in [0.05, 0.1) is 5.56 Å². The lowest BCUT2D eigenvalue weighted by molar-refractivity contribution is -0.129. The molecule has 0 saturated heterocycles. The van der Waals surface area contributed by atoms with Gasteiger partial charge in [-0.25, -0.2) is 9.59 Å². The van der Waals surface area contributed by atoms with Crippen molar-refractivity contribution in [2.45, 2.75) is 71.6 Å². The third-order valence-corrected chi connectivity index (χ3v) is 4.85. The fourth-order valence-corrected chi connectivity index (χ4v) is 3.16. The van der Waals surface area contributed by atoms with Gasteiger partial charge in [0.15, 0.2) is 6.10 Å². The lowest BCUT2D eigenvalue weighted by Gasteiger charge is -2.16. The SMILES string of the molecule is CC(C)NC(=O)NCc1ccc(C(=O)O[C@H](C)C(=O)NCCC2=CCCCC2)cc1. The average Bonchev–Trinajstić information content (AvgIpc) is 2.72. The predicted molar refractivity (Wildman–Crippen MR) is 116 cm³/mol. The first-order chi connectivity index (χ1) is 14.3. The molecule has 0 saturated carbocycles. The number of amides is 3. The van der Waals surface area contributed by atoms with Gasteiger partial charge >= 0.3 is 12.0 Å². The van der Waals surface area contributed by atoms with Crippen LogP contribution in [0.15, 0.2) is 35.9 Å². The summed E-state index contributed by atoms with van der Waals surface area (Å²) < 4.78 is 5.28. The second-order valence-corrected chi connectivity index (χ2v) is 7.88.